The molecule has 287 valence electrons. The van der Waals surface area contributed by atoms with Crippen molar-refractivity contribution in [2.45, 2.75) is 78.9 Å². The van der Waals surface area contributed by atoms with Gasteiger partial charge in [0.1, 0.15) is 19.9 Å². The van der Waals surface area contributed by atoms with Crippen LogP contribution in [-0.2, 0) is 38.6 Å². The van der Waals surface area contributed by atoms with Gasteiger partial charge in [0.2, 0.25) is 0 Å². The van der Waals surface area contributed by atoms with E-state index in [-0.39, 0.29) is 26.5 Å². The maximum absolute atomic E-state index is 10.9. The Balaban J connectivity index is 0.000000212. The zero-order valence-electron chi connectivity index (χ0n) is 29.1. The number of hydrogen-bond acceptors (Lipinski definition) is 12. The third-order valence-electron chi connectivity index (χ3n) is 8.30. The number of halogens is 2. The molecule has 8 heterocycles. The zero-order valence-corrected chi connectivity index (χ0v) is 34.6. The number of hydrogen-bond donors (Lipinski definition) is 1. The molecule has 54 heavy (non-hydrogen) atoms. The van der Waals surface area contributed by atoms with Gasteiger partial charge in [-0.15, -0.1) is 0 Å². The number of pyridine rings is 4. The SMILES string of the molecule is C.CC.O=Cc1cnc2ccc(-c3cn(C4CCCCO4)nc3I)nc2c1.OCc1cnc2ccc(-c3cn(C4CCCCO4)nc3I)nc2c1.[O]=[Mn]=[O]. The average molecular weight is 1000 g/mol. The predicted molar refractivity (Wildman–Crippen MR) is 215 cm³/mol. The third-order valence-corrected chi connectivity index (χ3v) is 9.89. The number of aliphatic hydroxyl groups excluding tert-OH is 1. The molecule has 0 bridgehead atoms. The van der Waals surface area contributed by atoms with Gasteiger partial charge in [-0.3, -0.25) is 14.8 Å². The first-order valence-electron chi connectivity index (χ1n) is 17.1. The van der Waals surface area contributed by atoms with Crippen molar-refractivity contribution in [1.29, 1.82) is 0 Å². The van der Waals surface area contributed by atoms with E-state index in [9.17, 15) is 9.90 Å². The molecule has 2 aliphatic rings. The summed E-state index contributed by atoms with van der Waals surface area (Å²) in [6.45, 7) is 5.54. The Morgan fingerprint density at radius 3 is 1.70 bits per heavy atom. The first kappa shape index (κ1) is 43.4. The zero-order chi connectivity index (χ0) is 37.7. The third kappa shape index (κ3) is 10.9. The van der Waals surface area contributed by atoms with Gasteiger partial charge in [0.25, 0.3) is 0 Å². The van der Waals surface area contributed by atoms with Gasteiger partial charge < -0.3 is 14.6 Å². The average Bonchev–Trinajstić information content (AvgIpc) is 3.81. The Morgan fingerprint density at radius 1 is 0.778 bits per heavy atom. The fraction of sp³-hybridized carbons (Fsp3) is 0.378. The van der Waals surface area contributed by atoms with Crippen LogP contribution >= 0.6 is 45.2 Å². The summed E-state index contributed by atoms with van der Waals surface area (Å²) in [4.78, 5) is 28.9. The van der Waals surface area contributed by atoms with E-state index in [1.54, 1.807) is 18.5 Å². The molecule has 0 aromatic carbocycles. The van der Waals surface area contributed by atoms with Crippen molar-refractivity contribution in [3.8, 4) is 22.5 Å². The molecule has 2 atom stereocenters. The van der Waals surface area contributed by atoms with E-state index < -0.39 is 14.8 Å². The summed E-state index contributed by atoms with van der Waals surface area (Å²) in [6, 6.07) is 11.4. The molecule has 6 aromatic rings. The van der Waals surface area contributed by atoms with Crippen LogP contribution in [-0.4, -0.2) is 64.1 Å². The molecule has 2 fully saturated rings. The minimum absolute atomic E-state index is 0. The molecule has 6 aromatic heterocycles. The summed E-state index contributed by atoms with van der Waals surface area (Å²) in [5.41, 5.74) is 7.96. The van der Waals surface area contributed by atoms with Gasteiger partial charge >= 0.3 is 22.5 Å². The number of ether oxygens (including phenoxy) is 2. The van der Waals surface area contributed by atoms with E-state index in [1.165, 1.54) is 6.42 Å². The molecule has 2 saturated heterocycles. The van der Waals surface area contributed by atoms with Crippen LogP contribution in [0.25, 0.3) is 44.6 Å². The summed E-state index contributed by atoms with van der Waals surface area (Å²) < 4.78 is 34.0. The Labute approximate surface area is 346 Å². The molecule has 0 saturated carbocycles. The van der Waals surface area contributed by atoms with E-state index in [4.69, 9.17) is 22.1 Å². The number of fused-ring (bicyclic) bond motifs is 2. The number of aldehydes is 1. The Morgan fingerprint density at radius 2 is 1.26 bits per heavy atom. The molecular weight excluding hydrogens is 961 g/mol. The number of nitrogens with zero attached hydrogens (tertiary/aromatic N) is 8. The molecule has 17 heteroatoms. The quantitative estimate of drug-likeness (QED) is 0.0961. The molecule has 0 spiro atoms. The predicted octanol–water partition coefficient (Wildman–Crippen LogP) is 8.32. The van der Waals surface area contributed by atoms with E-state index in [0.29, 0.717) is 11.1 Å². The molecule has 0 amide bonds. The topological polar surface area (TPSA) is 177 Å². The van der Waals surface area contributed by atoms with E-state index in [1.807, 2.05) is 65.9 Å². The van der Waals surface area contributed by atoms with Gasteiger partial charge in [0.05, 0.1) is 51.2 Å². The first-order valence-corrected chi connectivity index (χ1v) is 20.2. The monoisotopic (exact) mass is 1000 g/mol. The van der Waals surface area contributed by atoms with Crippen molar-refractivity contribution in [1.82, 2.24) is 39.5 Å². The number of aromatic nitrogens is 8. The van der Waals surface area contributed by atoms with Crippen molar-refractivity contribution in [2.75, 3.05) is 13.2 Å². The first-order chi connectivity index (χ1) is 25.9. The number of carbonyl (C=O) groups excluding carboxylic acids is 1. The fourth-order valence-corrected chi connectivity index (χ4v) is 7.09. The molecule has 2 unspecified atom stereocenters. The number of rotatable bonds is 6. The normalized spacial score (nSPS) is 16.4. The van der Waals surface area contributed by atoms with Gasteiger partial charge in [-0.05, 0) is 126 Å². The molecule has 8 rings (SSSR count). The van der Waals surface area contributed by atoms with Crippen LogP contribution in [0, 0.1) is 7.40 Å². The molecule has 1 N–H and O–H groups in total. The van der Waals surface area contributed by atoms with Crippen molar-refractivity contribution in [3.05, 3.63) is 79.7 Å². The molecule has 0 radical (unpaired) electrons. The van der Waals surface area contributed by atoms with Crippen LogP contribution in [0.4, 0.5) is 0 Å². The standard InChI is InChI=1S/C17H17IN4O2.C17H15IN4O2.C2H6.CH4.Mn.2O/c2*18-17-12(9-22(21-17)16-3-1-2-6-24-16)13-4-5-14-15(20-13)7-11(10-23)8-19-14;1-2;;;;/h4-5,7-9,16,23H,1-3,6,10H2;4-5,7-10,16H,1-3,6H2;1-2H3;1H4;;;. The van der Waals surface area contributed by atoms with Gasteiger partial charge in [0, 0.05) is 43.6 Å². The van der Waals surface area contributed by atoms with E-state index in [0.717, 1.165) is 104 Å². The number of aliphatic hydroxyl groups is 1. The molecular formula is C37H42I2MnN8O6. The maximum atomic E-state index is 10.9. The van der Waals surface area contributed by atoms with Crippen LogP contribution in [0.5, 0.6) is 0 Å². The molecule has 0 aliphatic carbocycles. The van der Waals surface area contributed by atoms with E-state index in [2.05, 4.69) is 70.3 Å². The fourth-order valence-electron chi connectivity index (χ4n) is 5.76. The molecule has 14 nitrogen and oxygen atoms in total. The van der Waals surface area contributed by atoms with Gasteiger partial charge in [-0.25, -0.2) is 19.3 Å². The van der Waals surface area contributed by atoms with Crippen molar-refractivity contribution >= 4 is 73.5 Å². The van der Waals surface area contributed by atoms with Gasteiger partial charge in [-0.2, -0.15) is 10.2 Å². The summed E-state index contributed by atoms with van der Waals surface area (Å²) >= 11 is 3.02. The summed E-state index contributed by atoms with van der Waals surface area (Å²) in [7, 11) is 0. The minimum atomic E-state index is -1.44. The Kier molecular flexibility index (Phi) is 17.4. The van der Waals surface area contributed by atoms with Crippen LogP contribution in [0.3, 0.4) is 0 Å². The van der Waals surface area contributed by atoms with E-state index >= 15 is 0 Å². The Bertz CT molecular complexity index is 2180. The van der Waals surface area contributed by atoms with Crippen LogP contribution in [0.15, 0.2) is 61.2 Å². The van der Waals surface area contributed by atoms with Gasteiger partial charge in [-0.1, -0.05) is 21.3 Å². The van der Waals surface area contributed by atoms with Crippen molar-refractivity contribution < 1.29 is 41.9 Å². The Hall–Kier alpha value is -3.33. The summed E-state index contributed by atoms with van der Waals surface area (Å²) in [5.74, 6) is 0. The summed E-state index contributed by atoms with van der Waals surface area (Å²) in [6.07, 6.45) is 14.6. The van der Waals surface area contributed by atoms with Gasteiger partial charge in [0.15, 0.2) is 6.29 Å². The van der Waals surface area contributed by atoms with Crippen LogP contribution in [0.1, 0.15) is 88.2 Å². The van der Waals surface area contributed by atoms with Crippen LogP contribution < -0.4 is 0 Å². The number of carbonyl (C=O) groups is 1. The van der Waals surface area contributed by atoms with Crippen LogP contribution in [0.2, 0.25) is 0 Å². The van der Waals surface area contributed by atoms with Crippen molar-refractivity contribution in [2.24, 2.45) is 0 Å². The second-order valence-electron chi connectivity index (χ2n) is 11.7. The second-order valence-corrected chi connectivity index (χ2v) is 13.9. The van der Waals surface area contributed by atoms with Crippen molar-refractivity contribution in [3.63, 3.8) is 0 Å². The second kappa shape index (κ2) is 21.7. The summed E-state index contributed by atoms with van der Waals surface area (Å²) in [5, 5.41) is 18.5. The molecule has 2 aliphatic heterocycles.